The van der Waals surface area contributed by atoms with Crippen molar-refractivity contribution in [3.05, 3.63) is 53.3 Å². The van der Waals surface area contributed by atoms with Crippen LogP contribution in [0.5, 0.6) is 5.75 Å². The van der Waals surface area contributed by atoms with Crippen LogP contribution in [0.4, 0.5) is 0 Å². The number of hydrogen-bond donors (Lipinski definition) is 1. The quantitative estimate of drug-likeness (QED) is 0.890. The zero-order valence-electron chi connectivity index (χ0n) is 15.0. The second-order valence-electron chi connectivity index (χ2n) is 6.67. The first-order chi connectivity index (χ1) is 12.5. The molecule has 1 aromatic carbocycles. The van der Waals surface area contributed by atoms with E-state index in [1.165, 1.54) is 4.90 Å². The van der Waals surface area contributed by atoms with E-state index in [9.17, 15) is 9.90 Å². The minimum atomic E-state index is -1.30. The Hall–Kier alpha value is -2.51. The number of benzene rings is 1. The van der Waals surface area contributed by atoms with Crippen LogP contribution >= 0.6 is 0 Å². The van der Waals surface area contributed by atoms with Crippen molar-refractivity contribution in [3.63, 3.8) is 0 Å². The van der Waals surface area contributed by atoms with Gasteiger partial charge in [-0.05, 0) is 43.7 Å². The fourth-order valence-electron chi connectivity index (χ4n) is 2.78. The Bertz CT molecular complexity index is 766. The Labute approximate surface area is 152 Å². The van der Waals surface area contributed by atoms with E-state index in [2.05, 4.69) is 10.2 Å². The molecule has 3 rings (SSSR count). The van der Waals surface area contributed by atoms with Crippen molar-refractivity contribution in [2.45, 2.75) is 19.4 Å². The molecular formula is C19H23N3O4. The summed E-state index contributed by atoms with van der Waals surface area (Å²) in [5.74, 6) is 0.391. The lowest BCUT2D eigenvalue weighted by molar-refractivity contribution is -0.0621. The molecule has 0 spiro atoms. The van der Waals surface area contributed by atoms with E-state index in [4.69, 9.17) is 9.47 Å². The molecule has 1 aliphatic rings. The van der Waals surface area contributed by atoms with Crippen LogP contribution in [0.2, 0.25) is 0 Å². The first-order valence-electron chi connectivity index (χ1n) is 8.54. The molecule has 138 valence electrons. The van der Waals surface area contributed by atoms with Gasteiger partial charge < -0.3 is 19.5 Å². The number of carbonyl (C=O) groups excluding carboxylic acids is 1. The van der Waals surface area contributed by atoms with Crippen molar-refractivity contribution in [1.29, 1.82) is 0 Å². The highest BCUT2D eigenvalue weighted by atomic mass is 16.5. The van der Waals surface area contributed by atoms with Crippen LogP contribution in [0, 0.1) is 13.8 Å². The topological polar surface area (TPSA) is 84.8 Å². The molecular weight excluding hydrogens is 334 g/mol. The Balaban J connectivity index is 1.69. The lowest BCUT2D eigenvalue weighted by Crippen LogP contribution is -2.50. The van der Waals surface area contributed by atoms with E-state index in [-0.39, 0.29) is 31.4 Å². The van der Waals surface area contributed by atoms with Crippen LogP contribution in [0.25, 0.3) is 0 Å². The maximum Gasteiger partial charge on any atom is 0.274 e. The number of hydrogen-bond acceptors (Lipinski definition) is 6. The third-order valence-corrected chi connectivity index (χ3v) is 4.16. The molecule has 7 heteroatoms. The normalized spacial score (nSPS) is 20.5. The zero-order chi connectivity index (χ0) is 18.6. The smallest absolute Gasteiger partial charge is 0.274 e. The van der Waals surface area contributed by atoms with E-state index >= 15 is 0 Å². The SMILES string of the molecule is Cc1cccc(OC[C@@]2(O)COCCN(C(=O)c3ccc(C)nn3)C2)c1. The lowest BCUT2D eigenvalue weighted by atomic mass is 10.1. The molecule has 1 aliphatic heterocycles. The van der Waals surface area contributed by atoms with Gasteiger partial charge in [-0.3, -0.25) is 4.79 Å². The summed E-state index contributed by atoms with van der Waals surface area (Å²) < 4.78 is 11.2. The van der Waals surface area contributed by atoms with Gasteiger partial charge in [0.05, 0.1) is 25.5 Å². The summed E-state index contributed by atoms with van der Waals surface area (Å²) in [6.07, 6.45) is 0. The first kappa shape index (κ1) is 18.3. The largest absolute Gasteiger partial charge is 0.490 e. The number of aromatic nitrogens is 2. The van der Waals surface area contributed by atoms with Crippen molar-refractivity contribution < 1.29 is 19.4 Å². The van der Waals surface area contributed by atoms with Crippen molar-refractivity contribution >= 4 is 5.91 Å². The molecule has 0 aliphatic carbocycles. The van der Waals surface area contributed by atoms with Crippen LogP contribution in [0.1, 0.15) is 21.7 Å². The molecule has 1 fully saturated rings. The fraction of sp³-hybridized carbons (Fsp3) is 0.421. The molecule has 1 amide bonds. The molecule has 0 bridgehead atoms. The molecule has 7 nitrogen and oxygen atoms in total. The summed E-state index contributed by atoms with van der Waals surface area (Å²) in [7, 11) is 0. The predicted octanol–water partition coefficient (Wildman–Crippen LogP) is 1.38. The van der Waals surface area contributed by atoms with Crippen molar-refractivity contribution in [2.75, 3.05) is 32.9 Å². The molecule has 1 aromatic heterocycles. The predicted molar refractivity (Wildman–Crippen MR) is 95.1 cm³/mol. The van der Waals surface area contributed by atoms with Crippen molar-refractivity contribution in [2.24, 2.45) is 0 Å². The molecule has 0 unspecified atom stereocenters. The van der Waals surface area contributed by atoms with Crippen LogP contribution in [0.3, 0.4) is 0 Å². The van der Waals surface area contributed by atoms with Gasteiger partial charge in [-0.2, -0.15) is 5.10 Å². The van der Waals surface area contributed by atoms with Gasteiger partial charge >= 0.3 is 0 Å². The number of β-amino-alcohol motifs (C(OH)–C–C–N with tert-alkyl or cyclic N) is 1. The second-order valence-corrected chi connectivity index (χ2v) is 6.67. The molecule has 0 radical (unpaired) electrons. The van der Waals surface area contributed by atoms with Gasteiger partial charge in [0, 0.05) is 6.54 Å². The summed E-state index contributed by atoms with van der Waals surface area (Å²) >= 11 is 0. The third kappa shape index (κ3) is 4.56. The van der Waals surface area contributed by atoms with E-state index in [1.807, 2.05) is 38.1 Å². The molecule has 1 N–H and O–H groups in total. The number of nitrogens with zero attached hydrogens (tertiary/aromatic N) is 3. The van der Waals surface area contributed by atoms with Crippen LogP contribution in [-0.2, 0) is 4.74 Å². The van der Waals surface area contributed by atoms with E-state index in [0.29, 0.717) is 18.9 Å². The summed E-state index contributed by atoms with van der Waals surface area (Å²) in [5, 5.41) is 18.8. The van der Waals surface area contributed by atoms with Crippen molar-refractivity contribution in [1.82, 2.24) is 15.1 Å². The van der Waals surface area contributed by atoms with Crippen LogP contribution < -0.4 is 4.74 Å². The Morgan fingerprint density at radius 3 is 2.88 bits per heavy atom. The number of aliphatic hydroxyl groups is 1. The molecule has 1 saturated heterocycles. The van der Waals surface area contributed by atoms with Gasteiger partial charge in [0.25, 0.3) is 5.91 Å². The average molecular weight is 357 g/mol. The third-order valence-electron chi connectivity index (χ3n) is 4.16. The monoisotopic (exact) mass is 357 g/mol. The van der Waals surface area contributed by atoms with Crippen LogP contribution in [-0.4, -0.2) is 64.6 Å². The zero-order valence-corrected chi connectivity index (χ0v) is 15.0. The second kappa shape index (κ2) is 7.80. The summed E-state index contributed by atoms with van der Waals surface area (Å²) in [5.41, 5.74) is 0.762. The molecule has 2 heterocycles. The highest BCUT2D eigenvalue weighted by Gasteiger charge is 2.36. The van der Waals surface area contributed by atoms with E-state index < -0.39 is 5.60 Å². The number of carbonyl (C=O) groups is 1. The van der Waals surface area contributed by atoms with E-state index in [1.54, 1.807) is 12.1 Å². The summed E-state index contributed by atoms with van der Waals surface area (Å²) in [6, 6.07) is 11.0. The maximum absolute atomic E-state index is 12.7. The molecule has 1 atom stereocenters. The number of ether oxygens (including phenoxy) is 2. The van der Waals surface area contributed by atoms with Gasteiger partial charge in [-0.1, -0.05) is 12.1 Å². The van der Waals surface area contributed by atoms with Crippen LogP contribution in [0.15, 0.2) is 36.4 Å². The van der Waals surface area contributed by atoms with Crippen molar-refractivity contribution in [3.8, 4) is 5.75 Å². The maximum atomic E-state index is 12.7. The number of aryl methyl sites for hydroxylation is 2. The Morgan fingerprint density at radius 2 is 2.15 bits per heavy atom. The number of amides is 1. The Morgan fingerprint density at radius 1 is 1.31 bits per heavy atom. The fourth-order valence-corrected chi connectivity index (χ4v) is 2.78. The minimum absolute atomic E-state index is 0.0276. The molecule has 0 saturated carbocycles. The molecule has 26 heavy (non-hydrogen) atoms. The van der Waals surface area contributed by atoms with Gasteiger partial charge in [0.1, 0.15) is 18.0 Å². The Kier molecular flexibility index (Phi) is 5.49. The van der Waals surface area contributed by atoms with Gasteiger partial charge in [0.15, 0.2) is 5.69 Å². The van der Waals surface area contributed by atoms with Gasteiger partial charge in [-0.25, -0.2) is 0 Å². The minimum Gasteiger partial charge on any atom is -0.490 e. The highest BCUT2D eigenvalue weighted by Crippen LogP contribution is 2.18. The first-order valence-corrected chi connectivity index (χ1v) is 8.54. The highest BCUT2D eigenvalue weighted by molar-refractivity contribution is 5.92. The summed E-state index contributed by atoms with van der Waals surface area (Å²) in [4.78, 5) is 14.2. The van der Waals surface area contributed by atoms with E-state index in [0.717, 1.165) is 11.3 Å². The van der Waals surface area contributed by atoms with Gasteiger partial charge in [0.2, 0.25) is 0 Å². The average Bonchev–Trinajstić information content (AvgIpc) is 2.83. The number of rotatable bonds is 4. The van der Waals surface area contributed by atoms with Gasteiger partial charge in [-0.15, -0.1) is 5.10 Å². The summed E-state index contributed by atoms with van der Waals surface area (Å²) in [6.45, 7) is 4.73. The standard InChI is InChI=1S/C19H23N3O4/c1-14-4-3-5-16(10-14)26-13-19(24)11-22(8-9-25-12-19)18(23)17-7-6-15(2)20-21-17/h3-7,10,24H,8-9,11-13H2,1-2H3/t19-/m0/s1. The molecule has 2 aromatic rings. The lowest BCUT2D eigenvalue weighted by Gasteiger charge is -2.30.